The van der Waals surface area contributed by atoms with Crippen LogP contribution in [-0.2, 0) is 4.74 Å². The number of ether oxygens (including phenoxy) is 1. The minimum atomic E-state index is -0.475. The van der Waals surface area contributed by atoms with Gasteiger partial charge in [0.25, 0.3) is 0 Å². The summed E-state index contributed by atoms with van der Waals surface area (Å²) in [6, 6.07) is 2.32. The van der Waals surface area contributed by atoms with Gasteiger partial charge >= 0.3 is 6.09 Å². The normalized spacial score (nSPS) is 21.7. The summed E-state index contributed by atoms with van der Waals surface area (Å²) in [6.45, 7) is 10.3. The van der Waals surface area contributed by atoms with E-state index >= 15 is 0 Å². The van der Waals surface area contributed by atoms with Crippen molar-refractivity contribution >= 4 is 6.09 Å². The van der Waals surface area contributed by atoms with Crippen LogP contribution >= 0.6 is 0 Å². The number of rotatable bonds is 2. The molecule has 1 saturated heterocycles. The third-order valence-corrected chi connectivity index (χ3v) is 2.98. The molecule has 0 radical (unpaired) electrons. The number of carbonyl (C=O) groups excluding carboxylic acids is 1. The molecule has 17 heavy (non-hydrogen) atoms. The zero-order valence-electron chi connectivity index (χ0n) is 11.4. The van der Waals surface area contributed by atoms with Gasteiger partial charge in [0.2, 0.25) is 0 Å². The second-order valence-electron chi connectivity index (χ2n) is 5.93. The molecule has 96 valence electrons. The molecular weight excluding hydrogens is 216 g/mol. The van der Waals surface area contributed by atoms with Crippen molar-refractivity contribution in [2.45, 2.75) is 52.7 Å². The molecule has 0 N–H and O–H groups in total. The summed E-state index contributed by atoms with van der Waals surface area (Å²) >= 11 is 0. The van der Waals surface area contributed by atoms with Crippen LogP contribution < -0.4 is 0 Å². The van der Waals surface area contributed by atoms with Crippen molar-refractivity contribution < 1.29 is 9.53 Å². The molecule has 4 heteroatoms. The number of amides is 1. The number of nitriles is 1. The molecule has 0 aromatic heterocycles. The molecule has 4 nitrogen and oxygen atoms in total. The Kier molecular flexibility index (Phi) is 4.03. The SMILES string of the molecule is CC(C)C(C#N)C1CCN1C(=O)OC(C)(C)C. The lowest BCUT2D eigenvalue weighted by Gasteiger charge is -2.44. The predicted octanol–water partition coefficient (Wildman–Crippen LogP) is 2.79. The lowest BCUT2D eigenvalue weighted by Crippen LogP contribution is -2.56. The van der Waals surface area contributed by atoms with Gasteiger partial charge in [-0.2, -0.15) is 5.26 Å². The highest BCUT2D eigenvalue weighted by Gasteiger charge is 2.41. The van der Waals surface area contributed by atoms with Gasteiger partial charge in [-0.1, -0.05) is 13.8 Å². The van der Waals surface area contributed by atoms with Crippen molar-refractivity contribution in [1.82, 2.24) is 4.90 Å². The van der Waals surface area contributed by atoms with E-state index in [0.29, 0.717) is 6.54 Å². The van der Waals surface area contributed by atoms with Crippen LogP contribution in [0.5, 0.6) is 0 Å². The number of hydrogen-bond donors (Lipinski definition) is 0. The summed E-state index contributed by atoms with van der Waals surface area (Å²) in [6.07, 6.45) is 0.602. The van der Waals surface area contributed by atoms with Crippen LogP contribution in [0.1, 0.15) is 41.0 Å². The van der Waals surface area contributed by atoms with Gasteiger partial charge < -0.3 is 9.64 Å². The van der Waals surface area contributed by atoms with Gasteiger partial charge in [0, 0.05) is 6.54 Å². The zero-order chi connectivity index (χ0) is 13.2. The molecular formula is C13H22N2O2. The van der Waals surface area contributed by atoms with Gasteiger partial charge in [0.15, 0.2) is 0 Å². The van der Waals surface area contributed by atoms with E-state index in [2.05, 4.69) is 6.07 Å². The van der Waals surface area contributed by atoms with E-state index in [4.69, 9.17) is 10.00 Å². The molecule has 2 unspecified atom stereocenters. The average Bonchev–Trinajstić information content (AvgIpc) is 2.07. The maximum absolute atomic E-state index is 11.9. The zero-order valence-corrected chi connectivity index (χ0v) is 11.4. The lowest BCUT2D eigenvalue weighted by molar-refractivity contribution is -0.0164. The van der Waals surface area contributed by atoms with Crippen LogP contribution in [0.3, 0.4) is 0 Å². The molecule has 0 spiro atoms. The van der Waals surface area contributed by atoms with E-state index in [1.165, 1.54) is 0 Å². The number of likely N-dealkylation sites (tertiary alicyclic amines) is 1. The smallest absolute Gasteiger partial charge is 0.410 e. The molecule has 1 aliphatic rings. The van der Waals surface area contributed by atoms with Gasteiger partial charge in [-0.25, -0.2) is 4.79 Å². The quantitative estimate of drug-likeness (QED) is 0.743. The molecule has 1 heterocycles. The summed E-state index contributed by atoms with van der Waals surface area (Å²) in [5.74, 6) is 0.159. The van der Waals surface area contributed by atoms with E-state index in [1.54, 1.807) is 4.90 Å². The third kappa shape index (κ3) is 3.36. The minimum Gasteiger partial charge on any atom is -0.444 e. The van der Waals surface area contributed by atoms with E-state index in [0.717, 1.165) is 6.42 Å². The standard InChI is InChI=1S/C13H22N2O2/c1-9(2)10(8-14)11-6-7-15(11)12(16)17-13(3,4)5/h9-11H,6-7H2,1-5H3. The second-order valence-corrected chi connectivity index (χ2v) is 5.93. The molecule has 1 aliphatic heterocycles. The maximum atomic E-state index is 11.9. The van der Waals surface area contributed by atoms with Crippen LogP contribution in [0, 0.1) is 23.2 Å². The Hall–Kier alpha value is -1.24. The van der Waals surface area contributed by atoms with Crippen molar-refractivity contribution in [2.75, 3.05) is 6.54 Å². The van der Waals surface area contributed by atoms with Crippen LogP contribution in [0.4, 0.5) is 4.79 Å². The van der Waals surface area contributed by atoms with E-state index in [-0.39, 0.29) is 24.0 Å². The van der Waals surface area contributed by atoms with Gasteiger partial charge in [-0.15, -0.1) is 0 Å². The molecule has 0 aromatic rings. The highest BCUT2D eigenvalue weighted by molar-refractivity contribution is 5.69. The van der Waals surface area contributed by atoms with Crippen LogP contribution in [-0.4, -0.2) is 29.2 Å². The number of hydrogen-bond acceptors (Lipinski definition) is 3. The summed E-state index contributed by atoms with van der Waals surface area (Å²) in [5.41, 5.74) is -0.475. The predicted molar refractivity (Wildman–Crippen MR) is 65.3 cm³/mol. The summed E-state index contributed by atoms with van der Waals surface area (Å²) in [4.78, 5) is 13.6. The highest BCUT2D eigenvalue weighted by Crippen LogP contribution is 2.30. The first-order valence-corrected chi connectivity index (χ1v) is 6.15. The monoisotopic (exact) mass is 238 g/mol. The van der Waals surface area contributed by atoms with Crippen molar-refractivity contribution in [3.8, 4) is 6.07 Å². The van der Waals surface area contributed by atoms with Crippen molar-refractivity contribution in [3.63, 3.8) is 0 Å². The summed E-state index contributed by atoms with van der Waals surface area (Å²) < 4.78 is 5.32. The topological polar surface area (TPSA) is 53.3 Å². The maximum Gasteiger partial charge on any atom is 0.410 e. The molecule has 0 aromatic carbocycles. The fourth-order valence-electron chi connectivity index (χ4n) is 2.01. The Morgan fingerprint density at radius 1 is 1.47 bits per heavy atom. The fraction of sp³-hybridized carbons (Fsp3) is 0.846. The van der Waals surface area contributed by atoms with Crippen LogP contribution in [0.15, 0.2) is 0 Å². The molecule has 0 saturated carbocycles. The van der Waals surface area contributed by atoms with Crippen molar-refractivity contribution in [3.05, 3.63) is 0 Å². The van der Waals surface area contributed by atoms with E-state index in [9.17, 15) is 4.79 Å². The number of nitrogens with zero attached hydrogens (tertiary/aromatic N) is 2. The Labute approximate surface area is 104 Å². The van der Waals surface area contributed by atoms with Crippen molar-refractivity contribution in [2.24, 2.45) is 11.8 Å². The lowest BCUT2D eigenvalue weighted by atomic mass is 9.83. The van der Waals surface area contributed by atoms with Crippen LogP contribution in [0.2, 0.25) is 0 Å². The summed E-state index contributed by atoms with van der Waals surface area (Å²) in [5, 5.41) is 9.14. The average molecular weight is 238 g/mol. The Balaban J connectivity index is 2.63. The van der Waals surface area contributed by atoms with Gasteiger partial charge in [0.05, 0.1) is 18.0 Å². The molecule has 1 rings (SSSR count). The third-order valence-electron chi connectivity index (χ3n) is 2.98. The Bertz CT molecular complexity index is 325. The largest absolute Gasteiger partial charge is 0.444 e. The molecule has 2 atom stereocenters. The van der Waals surface area contributed by atoms with Crippen molar-refractivity contribution in [1.29, 1.82) is 5.26 Å². The Morgan fingerprint density at radius 3 is 2.35 bits per heavy atom. The molecule has 0 aliphatic carbocycles. The van der Waals surface area contributed by atoms with E-state index < -0.39 is 5.60 Å². The van der Waals surface area contributed by atoms with Gasteiger partial charge in [0.1, 0.15) is 5.60 Å². The minimum absolute atomic E-state index is 0.0230. The second kappa shape index (κ2) is 4.95. The van der Waals surface area contributed by atoms with E-state index in [1.807, 2.05) is 34.6 Å². The first-order chi connectivity index (χ1) is 7.76. The molecule has 1 amide bonds. The van der Waals surface area contributed by atoms with Gasteiger partial charge in [-0.3, -0.25) is 0 Å². The first-order valence-electron chi connectivity index (χ1n) is 6.15. The first kappa shape index (κ1) is 13.8. The highest BCUT2D eigenvalue weighted by atomic mass is 16.6. The fourth-order valence-corrected chi connectivity index (χ4v) is 2.01. The molecule has 0 bridgehead atoms. The Morgan fingerprint density at radius 2 is 2.06 bits per heavy atom. The van der Waals surface area contributed by atoms with Crippen LogP contribution in [0.25, 0.3) is 0 Å². The summed E-state index contributed by atoms with van der Waals surface area (Å²) in [7, 11) is 0. The molecule has 1 fully saturated rings. The van der Waals surface area contributed by atoms with Gasteiger partial charge in [-0.05, 0) is 33.1 Å². The number of carbonyl (C=O) groups is 1.